The maximum atomic E-state index is 11.9. The van der Waals surface area contributed by atoms with Crippen LogP contribution in [0.1, 0.15) is 55.5 Å². The Labute approximate surface area is 195 Å². The van der Waals surface area contributed by atoms with Crippen LogP contribution in [-0.2, 0) is 17.6 Å². The first kappa shape index (κ1) is 23.1. The highest BCUT2D eigenvalue weighted by Gasteiger charge is 2.32. The molecule has 1 aromatic heterocycles. The highest BCUT2D eigenvalue weighted by molar-refractivity contribution is 5.71. The average molecular weight is 448 g/mol. The van der Waals surface area contributed by atoms with E-state index in [1.807, 2.05) is 6.92 Å². The van der Waals surface area contributed by atoms with Gasteiger partial charge >= 0.3 is 5.97 Å². The van der Waals surface area contributed by atoms with E-state index in [-0.39, 0.29) is 5.92 Å². The van der Waals surface area contributed by atoms with Gasteiger partial charge in [-0.3, -0.25) is 4.79 Å². The molecule has 1 saturated heterocycles. The number of carbonyl (C=O) groups is 1. The molecule has 0 radical (unpaired) electrons. The van der Waals surface area contributed by atoms with Crippen molar-refractivity contribution in [2.24, 2.45) is 11.8 Å². The molecular weight excluding hydrogens is 414 g/mol. The number of piperidine rings is 1. The number of aromatic amines is 1. The molecule has 2 aromatic carbocycles. The molecule has 7 heteroatoms. The second-order valence-electron chi connectivity index (χ2n) is 9.11. The molecule has 4 rings (SSSR count). The molecule has 2 heterocycles. The van der Waals surface area contributed by atoms with Crippen molar-refractivity contribution in [3.63, 3.8) is 0 Å². The Morgan fingerprint density at radius 2 is 1.67 bits per heavy atom. The smallest absolute Gasteiger partial charge is 0.307 e. The molecule has 0 unspecified atom stereocenters. The number of benzene rings is 2. The van der Waals surface area contributed by atoms with Gasteiger partial charge in [-0.2, -0.15) is 5.21 Å². The third-order valence-electron chi connectivity index (χ3n) is 6.78. The van der Waals surface area contributed by atoms with Gasteiger partial charge in [-0.05, 0) is 73.4 Å². The van der Waals surface area contributed by atoms with Crippen molar-refractivity contribution in [3.8, 4) is 11.1 Å². The number of hydrogen-bond donors (Lipinski definition) is 3. The minimum atomic E-state index is -0.812. The zero-order valence-electron chi connectivity index (χ0n) is 19.2. The predicted octanol–water partition coefficient (Wildman–Crippen LogP) is 4.24. The van der Waals surface area contributed by atoms with E-state index in [1.54, 1.807) is 0 Å². The maximum absolute atomic E-state index is 11.9. The molecule has 33 heavy (non-hydrogen) atoms. The number of carboxylic acids is 1. The van der Waals surface area contributed by atoms with E-state index in [0.717, 1.165) is 43.0 Å². The predicted molar refractivity (Wildman–Crippen MR) is 128 cm³/mol. The molecular formula is C26H33N5O2. The van der Waals surface area contributed by atoms with Crippen LogP contribution < -0.4 is 5.32 Å². The van der Waals surface area contributed by atoms with Gasteiger partial charge < -0.3 is 10.4 Å². The largest absolute Gasteiger partial charge is 0.481 e. The van der Waals surface area contributed by atoms with E-state index >= 15 is 0 Å². The summed E-state index contributed by atoms with van der Waals surface area (Å²) >= 11 is 0. The van der Waals surface area contributed by atoms with Crippen LogP contribution in [0.4, 0.5) is 0 Å². The molecule has 7 nitrogen and oxygen atoms in total. The van der Waals surface area contributed by atoms with Crippen molar-refractivity contribution >= 4 is 5.97 Å². The third kappa shape index (κ3) is 6.05. The summed E-state index contributed by atoms with van der Waals surface area (Å²) in [5.74, 6) is -0.427. The summed E-state index contributed by atoms with van der Waals surface area (Å²) < 4.78 is 0. The molecule has 0 bridgehead atoms. The van der Waals surface area contributed by atoms with Crippen molar-refractivity contribution in [1.29, 1.82) is 0 Å². The second-order valence-corrected chi connectivity index (χ2v) is 9.11. The summed E-state index contributed by atoms with van der Waals surface area (Å²) in [5, 5.41) is 27.5. The number of aromatic nitrogens is 4. The first-order valence-electron chi connectivity index (χ1n) is 12.0. The van der Waals surface area contributed by atoms with E-state index in [4.69, 9.17) is 0 Å². The van der Waals surface area contributed by atoms with Crippen LogP contribution in [0.25, 0.3) is 11.1 Å². The highest BCUT2D eigenvalue weighted by Crippen LogP contribution is 2.31. The Bertz CT molecular complexity index is 996. The van der Waals surface area contributed by atoms with Gasteiger partial charge in [-0.1, -0.05) is 67.1 Å². The fraction of sp³-hybridized carbons (Fsp3) is 0.462. The van der Waals surface area contributed by atoms with Gasteiger partial charge in [0.15, 0.2) is 5.82 Å². The Morgan fingerprint density at radius 3 is 2.21 bits per heavy atom. The molecule has 3 aromatic rings. The van der Waals surface area contributed by atoms with E-state index in [2.05, 4.69) is 74.5 Å². The van der Waals surface area contributed by atoms with Crippen LogP contribution in [0, 0.1) is 11.8 Å². The topological polar surface area (TPSA) is 104 Å². The maximum Gasteiger partial charge on any atom is 0.307 e. The first-order valence-corrected chi connectivity index (χ1v) is 12.0. The number of hydrogen-bond acceptors (Lipinski definition) is 5. The number of rotatable bonds is 10. The normalized spacial score (nSPS) is 16.4. The van der Waals surface area contributed by atoms with Crippen molar-refractivity contribution in [2.45, 2.75) is 51.4 Å². The lowest BCUT2D eigenvalue weighted by Crippen LogP contribution is -2.28. The molecule has 1 aliphatic heterocycles. The minimum absolute atomic E-state index is 0.318. The number of carboxylic acid groups (broad SMARTS) is 1. The van der Waals surface area contributed by atoms with Gasteiger partial charge in [0.2, 0.25) is 0 Å². The Morgan fingerprint density at radius 1 is 1.03 bits per heavy atom. The fourth-order valence-electron chi connectivity index (χ4n) is 4.89. The number of nitrogens with one attached hydrogen (secondary N) is 2. The van der Waals surface area contributed by atoms with Crippen LogP contribution in [0.15, 0.2) is 48.5 Å². The number of nitrogens with zero attached hydrogens (tertiary/aromatic N) is 3. The monoisotopic (exact) mass is 447 g/mol. The van der Waals surface area contributed by atoms with Crippen LogP contribution in [0.3, 0.4) is 0 Å². The molecule has 1 aliphatic rings. The van der Waals surface area contributed by atoms with E-state index < -0.39 is 11.9 Å². The second kappa shape index (κ2) is 11.2. The van der Waals surface area contributed by atoms with E-state index in [9.17, 15) is 9.90 Å². The van der Waals surface area contributed by atoms with Gasteiger partial charge in [-0.25, -0.2) is 0 Å². The van der Waals surface area contributed by atoms with Crippen LogP contribution >= 0.6 is 0 Å². The van der Waals surface area contributed by atoms with Crippen molar-refractivity contribution in [1.82, 2.24) is 25.9 Å². The van der Waals surface area contributed by atoms with Crippen LogP contribution in [-0.4, -0.2) is 44.8 Å². The Kier molecular flexibility index (Phi) is 7.83. The van der Waals surface area contributed by atoms with E-state index in [1.165, 1.54) is 24.0 Å². The molecule has 0 saturated carbocycles. The minimum Gasteiger partial charge on any atom is -0.481 e. The van der Waals surface area contributed by atoms with Gasteiger partial charge in [0.1, 0.15) is 0 Å². The lowest BCUT2D eigenvalue weighted by molar-refractivity contribution is -0.142. The quantitative estimate of drug-likeness (QED) is 0.430. The summed E-state index contributed by atoms with van der Waals surface area (Å²) in [7, 11) is 0. The van der Waals surface area contributed by atoms with Crippen molar-refractivity contribution in [3.05, 3.63) is 65.5 Å². The molecule has 2 atom stereocenters. The summed E-state index contributed by atoms with van der Waals surface area (Å²) in [6.45, 7) is 4.26. The van der Waals surface area contributed by atoms with Gasteiger partial charge in [0.25, 0.3) is 0 Å². The zero-order valence-corrected chi connectivity index (χ0v) is 19.2. The lowest BCUT2D eigenvalue weighted by Gasteiger charge is -2.22. The number of H-pyrrole nitrogens is 1. The zero-order chi connectivity index (χ0) is 23.0. The number of tetrazole rings is 1. The summed E-state index contributed by atoms with van der Waals surface area (Å²) in [5.41, 5.74) is 4.82. The molecule has 1 fully saturated rings. The van der Waals surface area contributed by atoms with Crippen molar-refractivity contribution < 1.29 is 9.90 Å². The first-order chi connectivity index (χ1) is 16.1. The third-order valence-corrected chi connectivity index (χ3v) is 6.78. The lowest BCUT2D eigenvalue weighted by atomic mass is 9.83. The molecule has 3 N–H and O–H groups in total. The molecule has 0 amide bonds. The van der Waals surface area contributed by atoms with Crippen LogP contribution in [0.2, 0.25) is 0 Å². The van der Waals surface area contributed by atoms with E-state index in [0.29, 0.717) is 18.7 Å². The summed E-state index contributed by atoms with van der Waals surface area (Å²) in [4.78, 5) is 11.9. The van der Waals surface area contributed by atoms with Gasteiger partial charge in [-0.15, -0.1) is 10.2 Å². The standard InChI is InChI=1S/C26H33N5O2/c1-2-3-23(26(32)33)24(25-28-30-31-29-25)17-19-6-10-22(11-7-19)21-8-4-18(5-9-21)16-20-12-14-27-15-13-20/h4-11,20,23-24,27H,2-3,12-17H2,1H3,(H,32,33)(H,28,29,30,31)/t23-,24-/m0/s1. The fourth-order valence-corrected chi connectivity index (χ4v) is 4.89. The number of aliphatic carboxylic acids is 1. The Hall–Kier alpha value is -3.06. The average Bonchev–Trinajstić information content (AvgIpc) is 3.38. The summed E-state index contributed by atoms with van der Waals surface area (Å²) in [6.07, 6.45) is 5.60. The summed E-state index contributed by atoms with van der Waals surface area (Å²) in [6, 6.07) is 17.3. The molecule has 174 valence electrons. The SMILES string of the molecule is CCC[C@H](C(=O)O)[C@H](Cc1ccc(-c2ccc(CC3CCNCC3)cc2)cc1)c1nn[nH]n1. The van der Waals surface area contributed by atoms with Gasteiger partial charge in [0.05, 0.1) is 5.92 Å². The van der Waals surface area contributed by atoms with Crippen LogP contribution in [0.5, 0.6) is 0 Å². The van der Waals surface area contributed by atoms with Gasteiger partial charge in [0, 0.05) is 5.92 Å². The highest BCUT2D eigenvalue weighted by atomic mass is 16.4. The Balaban J connectivity index is 1.45. The molecule has 0 spiro atoms. The molecule has 0 aliphatic carbocycles. The van der Waals surface area contributed by atoms with Crippen molar-refractivity contribution in [2.75, 3.05) is 13.1 Å².